The summed E-state index contributed by atoms with van der Waals surface area (Å²) in [6.07, 6.45) is 1.10. The summed E-state index contributed by atoms with van der Waals surface area (Å²) < 4.78 is 26.0. The highest BCUT2D eigenvalue weighted by molar-refractivity contribution is 7.92. The Labute approximate surface area is 160 Å². The maximum absolute atomic E-state index is 12.8. The molecule has 0 spiro atoms. The van der Waals surface area contributed by atoms with Crippen LogP contribution < -0.4 is 9.62 Å². The molecule has 140 valence electrons. The van der Waals surface area contributed by atoms with Crippen LogP contribution in [0.15, 0.2) is 36.4 Å². The molecular formula is C19H23ClN2O3S. The molecule has 0 fully saturated rings. The van der Waals surface area contributed by atoms with Crippen molar-refractivity contribution in [2.75, 3.05) is 15.9 Å². The van der Waals surface area contributed by atoms with Crippen molar-refractivity contribution in [3.8, 4) is 0 Å². The number of hydrogen-bond donors (Lipinski definition) is 1. The number of halogens is 1. The van der Waals surface area contributed by atoms with Crippen molar-refractivity contribution in [2.45, 2.75) is 33.7 Å². The standard InChI is InChI=1S/C19H23ClN2O3S/c1-12-9-10-13(2)18(11-12)22(26(5,24)25)15(4)19(23)21-17-8-6-7-16(20)14(17)3/h6-11,15H,1-5H3,(H,21,23)/t15-/m1/s1. The van der Waals surface area contributed by atoms with E-state index in [-0.39, 0.29) is 0 Å². The van der Waals surface area contributed by atoms with E-state index in [0.717, 1.165) is 27.3 Å². The average molecular weight is 395 g/mol. The Morgan fingerprint density at radius 1 is 1.15 bits per heavy atom. The minimum Gasteiger partial charge on any atom is -0.324 e. The predicted octanol–water partition coefficient (Wildman–Crippen LogP) is 4.06. The van der Waals surface area contributed by atoms with Gasteiger partial charge in [0.15, 0.2) is 0 Å². The minimum absolute atomic E-state index is 0.429. The summed E-state index contributed by atoms with van der Waals surface area (Å²) >= 11 is 6.09. The zero-order valence-corrected chi connectivity index (χ0v) is 17.1. The van der Waals surface area contributed by atoms with Gasteiger partial charge in [0.25, 0.3) is 0 Å². The second-order valence-electron chi connectivity index (χ2n) is 6.43. The van der Waals surface area contributed by atoms with Crippen LogP contribution in [0.1, 0.15) is 23.6 Å². The maximum atomic E-state index is 12.8. The highest BCUT2D eigenvalue weighted by Gasteiger charge is 2.30. The number of nitrogens with one attached hydrogen (secondary N) is 1. The molecular weight excluding hydrogens is 372 g/mol. The summed E-state index contributed by atoms with van der Waals surface area (Å²) in [5.41, 5.74) is 3.48. The molecule has 1 atom stereocenters. The molecule has 0 radical (unpaired) electrons. The number of carbonyl (C=O) groups is 1. The largest absolute Gasteiger partial charge is 0.324 e. The number of nitrogens with zero attached hydrogens (tertiary/aromatic N) is 1. The molecule has 0 aliphatic rings. The SMILES string of the molecule is Cc1ccc(C)c(N([C@H](C)C(=O)Nc2cccc(Cl)c2C)S(C)(=O)=O)c1. The van der Waals surface area contributed by atoms with E-state index in [1.165, 1.54) is 0 Å². The van der Waals surface area contributed by atoms with Gasteiger partial charge in [0.1, 0.15) is 6.04 Å². The van der Waals surface area contributed by atoms with Crippen LogP contribution >= 0.6 is 11.6 Å². The lowest BCUT2D eigenvalue weighted by Crippen LogP contribution is -2.45. The number of amides is 1. The molecule has 0 aliphatic carbocycles. The number of rotatable bonds is 5. The van der Waals surface area contributed by atoms with Crippen molar-refractivity contribution < 1.29 is 13.2 Å². The summed E-state index contributed by atoms with van der Waals surface area (Å²) in [4.78, 5) is 12.8. The van der Waals surface area contributed by atoms with E-state index in [2.05, 4.69) is 5.32 Å². The van der Waals surface area contributed by atoms with E-state index in [0.29, 0.717) is 16.4 Å². The summed E-state index contributed by atoms with van der Waals surface area (Å²) in [5.74, 6) is -0.429. The molecule has 2 aromatic carbocycles. The monoisotopic (exact) mass is 394 g/mol. The van der Waals surface area contributed by atoms with Crippen LogP contribution in [0.3, 0.4) is 0 Å². The van der Waals surface area contributed by atoms with Gasteiger partial charge < -0.3 is 5.32 Å². The molecule has 2 aromatic rings. The lowest BCUT2D eigenvalue weighted by atomic mass is 10.1. The Balaban J connectivity index is 2.41. The molecule has 0 heterocycles. The second kappa shape index (κ2) is 7.68. The van der Waals surface area contributed by atoms with Crippen molar-refractivity contribution in [2.24, 2.45) is 0 Å². The van der Waals surface area contributed by atoms with Gasteiger partial charge in [0.2, 0.25) is 15.9 Å². The Hall–Kier alpha value is -2.05. The summed E-state index contributed by atoms with van der Waals surface area (Å²) in [6, 6.07) is 9.78. The van der Waals surface area contributed by atoms with E-state index in [1.54, 1.807) is 38.1 Å². The second-order valence-corrected chi connectivity index (χ2v) is 8.69. The zero-order valence-electron chi connectivity index (χ0n) is 15.5. The Bertz CT molecular complexity index is 942. The van der Waals surface area contributed by atoms with Crippen molar-refractivity contribution in [3.63, 3.8) is 0 Å². The minimum atomic E-state index is -3.67. The smallest absolute Gasteiger partial charge is 0.248 e. The number of carbonyl (C=O) groups excluding carboxylic acids is 1. The molecule has 1 N–H and O–H groups in total. The molecule has 7 heteroatoms. The summed E-state index contributed by atoms with van der Waals surface area (Å²) in [7, 11) is -3.67. The molecule has 0 saturated carbocycles. The molecule has 26 heavy (non-hydrogen) atoms. The number of hydrogen-bond acceptors (Lipinski definition) is 3. The lowest BCUT2D eigenvalue weighted by Gasteiger charge is -2.30. The molecule has 0 aliphatic heterocycles. The van der Waals surface area contributed by atoms with E-state index in [1.807, 2.05) is 26.0 Å². The first-order chi connectivity index (χ1) is 12.0. The van der Waals surface area contributed by atoms with E-state index >= 15 is 0 Å². The van der Waals surface area contributed by atoms with E-state index < -0.39 is 22.0 Å². The van der Waals surface area contributed by atoms with Crippen LogP contribution in [0.4, 0.5) is 11.4 Å². The Morgan fingerprint density at radius 3 is 2.42 bits per heavy atom. The summed E-state index contributed by atoms with van der Waals surface area (Å²) in [5, 5.41) is 3.31. The van der Waals surface area contributed by atoms with Gasteiger partial charge >= 0.3 is 0 Å². The predicted molar refractivity (Wildman–Crippen MR) is 108 cm³/mol. The maximum Gasteiger partial charge on any atom is 0.248 e. The van der Waals surface area contributed by atoms with Crippen LogP contribution in [0, 0.1) is 20.8 Å². The van der Waals surface area contributed by atoms with Crippen LogP contribution in [0.2, 0.25) is 5.02 Å². The highest BCUT2D eigenvalue weighted by atomic mass is 35.5. The zero-order chi connectivity index (χ0) is 19.6. The van der Waals surface area contributed by atoms with Gasteiger partial charge in [-0.05, 0) is 62.6 Å². The quantitative estimate of drug-likeness (QED) is 0.831. The van der Waals surface area contributed by atoms with Gasteiger partial charge in [0.05, 0.1) is 11.9 Å². The molecule has 0 unspecified atom stereocenters. The Morgan fingerprint density at radius 2 is 1.81 bits per heavy atom. The van der Waals surface area contributed by atoms with E-state index in [4.69, 9.17) is 11.6 Å². The van der Waals surface area contributed by atoms with Crippen LogP contribution in [0.5, 0.6) is 0 Å². The molecule has 1 amide bonds. The van der Waals surface area contributed by atoms with Crippen molar-refractivity contribution in [1.29, 1.82) is 0 Å². The highest BCUT2D eigenvalue weighted by Crippen LogP contribution is 2.28. The first kappa shape index (κ1) is 20.3. The molecule has 5 nitrogen and oxygen atoms in total. The number of aryl methyl sites for hydroxylation is 2. The van der Waals surface area contributed by atoms with Gasteiger partial charge in [-0.2, -0.15) is 0 Å². The van der Waals surface area contributed by atoms with Crippen LogP contribution in [-0.2, 0) is 14.8 Å². The third kappa shape index (κ3) is 4.37. The van der Waals surface area contributed by atoms with Crippen molar-refractivity contribution >= 4 is 38.9 Å². The molecule has 0 saturated heterocycles. The fourth-order valence-electron chi connectivity index (χ4n) is 2.72. The van der Waals surface area contributed by atoms with Gasteiger partial charge in [-0.25, -0.2) is 8.42 Å². The average Bonchev–Trinajstić information content (AvgIpc) is 2.54. The van der Waals surface area contributed by atoms with Gasteiger partial charge in [0, 0.05) is 10.7 Å². The van der Waals surface area contributed by atoms with Gasteiger partial charge in [-0.15, -0.1) is 0 Å². The summed E-state index contributed by atoms with van der Waals surface area (Å²) in [6.45, 7) is 7.06. The lowest BCUT2D eigenvalue weighted by molar-refractivity contribution is -0.116. The number of benzene rings is 2. The normalized spacial score (nSPS) is 12.5. The van der Waals surface area contributed by atoms with E-state index in [9.17, 15) is 13.2 Å². The molecule has 2 rings (SSSR count). The molecule has 0 bridgehead atoms. The third-order valence-corrected chi connectivity index (χ3v) is 5.85. The van der Waals surface area contributed by atoms with Crippen LogP contribution in [-0.4, -0.2) is 26.6 Å². The molecule has 0 aromatic heterocycles. The van der Waals surface area contributed by atoms with Gasteiger partial charge in [-0.1, -0.05) is 29.8 Å². The first-order valence-corrected chi connectivity index (χ1v) is 10.4. The van der Waals surface area contributed by atoms with Gasteiger partial charge in [-0.3, -0.25) is 9.10 Å². The fourth-order valence-corrected chi connectivity index (χ4v) is 4.12. The van der Waals surface area contributed by atoms with Crippen molar-refractivity contribution in [1.82, 2.24) is 0 Å². The third-order valence-electron chi connectivity index (χ3n) is 4.22. The van der Waals surface area contributed by atoms with Crippen LogP contribution in [0.25, 0.3) is 0 Å². The number of sulfonamides is 1. The number of anilines is 2. The first-order valence-electron chi connectivity index (χ1n) is 8.15. The Kier molecular flexibility index (Phi) is 5.98. The van der Waals surface area contributed by atoms with Crippen molar-refractivity contribution in [3.05, 3.63) is 58.1 Å². The fraction of sp³-hybridized carbons (Fsp3) is 0.316. The topological polar surface area (TPSA) is 66.5 Å².